The van der Waals surface area contributed by atoms with Crippen LogP contribution in [0.2, 0.25) is 0 Å². The number of likely N-dealkylation sites (N-methyl/N-ethyl adjacent to an activating group) is 1. The molecule has 0 radical (unpaired) electrons. The summed E-state index contributed by atoms with van der Waals surface area (Å²) in [6.45, 7) is 1.51. The third-order valence-electron chi connectivity index (χ3n) is 1.71. The highest BCUT2D eigenvalue weighted by molar-refractivity contribution is 7.89. The van der Waals surface area contributed by atoms with Gasteiger partial charge < -0.3 is 9.47 Å². The highest BCUT2D eigenvalue weighted by Gasteiger charge is 2.10. The third kappa shape index (κ3) is 3.09. The molecular weight excluding hydrogens is 204 g/mol. The first-order valence-corrected chi connectivity index (χ1v) is 5.63. The molecule has 2 N–H and O–H groups in total. The van der Waals surface area contributed by atoms with Gasteiger partial charge >= 0.3 is 0 Å². The molecule has 0 aliphatic carbocycles. The van der Waals surface area contributed by atoms with Gasteiger partial charge in [-0.1, -0.05) is 0 Å². The summed E-state index contributed by atoms with van der Waals surface area (Å²) in [7, 11) is 0.218. The van der Waals surface area contributed by atoms with E-state index in [1.54, 1.807) is 4.57 Å². The summed E-state index contributed by atoms with van der Waals surface area (Å²) in [5.74, 6) is 0. The molecule has 1 aromatic rings. The van der Waals surface area contributed by atoms with Crippen LogP contribution in [0, 0.1) is 0 Å². The van der Waals surface area contributed by atoms with Crippen LogP contribution >= 0.6 is 0 Å². The molecule has 1 heterocycles. The lowest BCUT2D eigenvalue weighted by Crippen LogP contribution is -2.17. The first-order chi connectivity index (χ1) is 6.39. The highest BCUT2D eigenvalue weighted by Crippen LogP contribution is 2.01. The van der Waals surface area contributed by atoms with Crippen molar-refractivity contribution < 1.29 is 8.42 Å². The lowest BCUT2D eigenvalue weighted by atomic mass is 10.6. The maximum atomic E-state index is 10.9. The minimum atomic E-state index is -3.67. The fraction of sp³-hybridized carbons (Fsp3) is 0.571. The molecule has 80 valence electrons. The molecule has 0 spiro atoms. The molecule has 7 heteroatoms. The second kappa shape index (κ2) is 4.07. The molecule has 1 aromatic heterocycles. The molecule has 0 aliphatic heterocycles. The van der Waals surface area contributed by atoms with Crippen molar-refractivity contribution in [2.24, 2.45) is 5.14 Å². The summed E-state index contributed by atoms with van der Waals surface area (Å²) < 4.78 is 23.4. The molecule has 0 atom stereocenters. The fourth-order valence-corrected chi connectivity index (χ4v) is 1.40. The smallest absolute Gasteiger partial charge is 0.257 e. The summed E-state index contributed by atoms with van der Waals surface area (Å²) in [6, 6.07) is 0. The third-order valence-corrected chi connectivity index (χ3v) is 2.50. The summed E-state index contributed by atoms with van der Waals surface area (Å²) in [5, 5.41) is 4.83. The van der Waals surface area contributed by atoms with Crippen molar-refractivity contribution in [3.63, 3.8) is 0 Å². The first kappa shape index (κ1) is 11.2. The molecule has 0 amide bonds. The molecule has 0 unspecified atom stereocenters. The Morgan fingerprint density at radius 3 is 2.64 bits per heavy atom. The van der Waals surface area contributed by atoms with Gasteiger partial charge in [-0.2, -0.15) is 0 Å². The molecule has 0 aliphatic rings. The van der Waals surface area contributed by atoms with Crippen LogP contribution in [-0.2, 0) is 16.6 Å². The standard InChI is InChI=1S/C7H14N4O2S/c1-10(2)3-4-11-5-7(9-6-11)14(8,12)13/h5-6H,3-4H2,1-2H3,(H2,8,12,13). The van der Waals surface area contributed by atoms with Gasteiger partial charge in [-0.25, -0.2) is 18.5 Å². The number of hydrogen-bond donors (Lipinski definition) is 1. The van der Waals surface area contributed by atoms with Crippen molar-refractivity contribution in [1.29, 1.82) is 0 Å². The number of nitrogens with zero attached hydrogens (tertiary/aromatic N) is 3. The quantitative estimate of drug-likeness (QED) is 0.709. The summed E-state index contributed by atoms with van der Waals surface area (Å²) in [5.41, 5.74) is 0. The van der Waals surface area contributed by atoms with Crippen LogP contribution in [0.5, 0.6) is 0 Å². The van der Waals surface area contributed by atoms with E-state index in [2.05, 4.69) is 4.98 Å². The Balaban J connectivity index is 2.70. The number of sulfonamides is 1. The van der Waals surface area contributed by atoms with E-state index < -0.39 is 10.0 Å². The molecule has 1 rings (SSSR count). The molecule has 0 fully saturated rings. The van der Waals surface area contributed by atoms with E-state index in [0.717, 1.165) is 6.54 Å². The van der Waals surface area contributed by atoms with E-state index in [-0.39, 0.29) is 5.03 Å². The van der Waals surface area contributed by atoms with Crippen molar-refractivity contribution in [2.45, 2.75) is 11.6 Å². The predicted molar refractivity (Wildman–Crippen MR) is 52.2 cm³/mol. The van der Waals surface area contributed by atoms with Crippen LogP contribution < -0.4 is 5.14 Å². The van der Waals surface area contributed by atoms with Gasteiger partial charge in [-0.3, -0.25) is 0 Å². The Kier molecular flexibility index (Phi) is 3.25. The van der Waals surface area contributed by atoms with Crippen molar-refractivity contribution >= 4 is 10.0 Å². The van der Waals surface area contributed by atoms with Gasteiger partial charge in [0.1, 0.15) is 0 Å². The molecular formula is C7H14N4O2S. The fourth-order valence-electron chi connectivity index (χ4n) is 0.924. The van der Waals surface area contributed by atoms with E-state index >= 15 is 0 Å². The van der Waals surface area contributed by atoms with Crippen LogP contribution in [0.15, 0.2) is 17.6 Å². The van der Waals surface area contributed by atoms with Crippen molar-refractivity contribution in [3.8, 4) is 0 Å². The Labute approximate surface area is 83.4 Å². The zero-order chi connectivity index (χ0) is 10.8. The van der Waals surface area contributed by atoms with E-state index in [1.807, 2.05) is 19.0 Å². The summed E-state index contributed by atoms with van der Waals surface area (Å²) >= 11 is 0. The van der Waals surface area contributed by atoms with E-state index in [9.17, 15) is 8.42 Å². The molecule has 0 saturated heterocycles. The van der Waals surface area contributed by atoms with Crippen molar-refractivity contribution in [3.05, 3.63) is 12.5 Å². The number of primary sulfonamides is 1. The van der Waals surface area contributed by atoms with Gasteiger partial charge in [0.2, 0.25) is 0 Å². The van der Waals surface area contributed by atoms with E-state index in [1.165, 1.54) is 12.5 Å². The second-order valence-corrected chi connectivity index (χ2v) is 4.81. The Morgan fingerprint density at radius 2 is 2.21 bits per heavy atom. The lowest BCUT2D eigenvalue weighted by molar-refractivity contribution is 0.383. The molecule has 0 bridgehead atoms. The minimum Gasteiger partial charge on any atom is -0.335 e. The van der Waals surface area contributed by atoms with Crippen LogP contribution in [-0.4, -0.2) is 43.5 Å². The van der Waals surface area contributed by atoms with Crippen molar-refractivity contribution in [1.82, 2.24) is 14.5 Å². The van der Waals surface area contributed by atoms with Crippen molar-refractivity contribution in [2.75, 3.05) is 20.6 Å². The maximum Gasteiger partial charge on any atom is 0.257 e. The average molecular weight is 218 g/mol. The molecule has 0 saturated carbocycles. The maximum absolute atomic E-state index is 10.9. The largest absolute Gasteiger partial charge is 0.335 e. The van der Waals surface area contributed by atoms with Crippen LogP contribution in [0.3, 0.4) is 0 Å². The summed E-state index contributed by atoms with van der Waals surface area (Å²) in [4.78, 5) is 5.69. The molecule has 0 aromatic carbocycles. The van der Waals surface area contributed by atoms with Gasteiger partial charge in [-0.05, 0) is 14.1 Å². The van der Waals surface area contributed by atoms with Gasteiger partial charge in [0, 0.05) is 19.3 Å². The lowest BCUT2D eigenvalue weighted by Gasteiger charge is -2.08. The molecule has 14 heavy (non-hydrogen) atoms. The first-order valence-electron chi connectivity index (χ1n) is 4.09. The second-order valence-electron chi connectivity index (χ2n) is 3.30. The number of hydrogen-bond acceptors (Lipinski definition) is 4. The Hall–Kier alpha value is -0.920. The van der Waals surface area contributed by atoms with Crippen LogP contribution in [0.4, 0.5) is 0 Å². The highest BCUT2D eigenvalue weighted by atomic mass is 32.2. The van der Waals surface area contributed by atoms with Gasteiger partial charge in [0.15, 0.2) is 5.03 Å². The average Bonchev–Trinajstić information content (AvgIpc) is 2.47. The van der Waals surface area contributed by atoms with Gasteiger partial charge in [0.25, 0.3) is 10.0 Å². The number of nitrogens with two attached hydrogens (primary N) is 1. The summed E-state index contributed by atoms with van der Waals surface area (Å²) in [6.07, 6.45) is 2.89. The van der Waals surface area contributed by atoms with Gasteiger partial charge in [-0.15, -0.1) is 0 Å². The number of imidazole rings is 1. The van der Waals surface area contributed by atoms with Crippen LogP contribution in [0.25, 0.3) is 0 Å². The number of rotatable bonds is 4. The zero-order valence-electron chi connectivity index (χ0n) is 8.21. The minimum absolute atomic E-state index is 0.0868. The normalized spacial score (nSPS) is 12.3. The van der Waals surface area contributed by atoms with E-state index in [0.29, 0.717) is 6.54 Å². The Bertz CT molecular complexity index is 396. The monoisotopic (exact) mass is 218 g/mol. The van der Waals surface area contributed by atoms with Gasteiger partial charge in [0.05, 0.1) is 6.33 Å². The Morgan fingerprint density at radius 1 is 1.57 bits per heavy atom. The predicted octanol–water partition coefficient (Wildman–Crippen LogP) is -0.908. The SMILES string of the molecule is CN(C)CCn1cnc(S(N)(=O)=O)c1. The van der Waals surface area contributed by atoms with Crippen LogP contribution in [0.1, 0.15) is 0 Å². The number of aromatic nitrogens is 2. The topological polar surface area (TPSA) is 81.2 Å². The van der Waals surface area contributed by atoms with E-state index in [4.69, 9.17) is 5.14 Å². The zero-order valence-corrected chi connectivity index (χ0v) is 9.03. The molecule has 6 nitrogen and oxygen atoms in total.